The van der Waals surface area contributed by atoms with Crippen LogP contribution < -0.4 is 4.90 Å². The quantitative estimate of drug-likeness (QED) is 0.832. The lowest BCUT2D eigenvalue weighted by Gasteiger charge is -2.14. The number of para-hydroxylation sites is 1. The molecule has 0 saturated heterocycles. The highest BCUT2D eigenvalue weighted by Gasteiger charge is 2.18. The minimum Gasteiger partial charge on any atom is -0.423 e. The van der Waals surface area contributed by atoms with E-state index in [4.69, 9.17) is 4.42 Å². The van der Waals surface area contributed by atoms with E-state index in [-0.39, 0.29) is 5.91 Å². The molecule has 2 aromatic rings. The molecule has 0 aliphatic heterocycles. The Bertz CT molecular complexity index is 575. The lowest BCUT2D eigenvalue weighted by molar-refractivity contribution is 0.0803. The molecule has 96 valence electrons. The van der Waals surface area contributed by atoms with Crippen molar-refractivity contribution in [3.05, 3.63) is 23.8 Å². The van der Waals surface area contributed by atoms with Gasteiger partial charge in [0.05, 0.1) is 5.56 Å². The summed E-state index contributed by atoms with van der Waals surface area (Å²) >= 11 is 0. The average Bonchev–Trinajstić information content (AvgIpc) is 2.80. The van der Waals surface area contributed by atoms with Crippen LogP contribution in [-0.2, 0) is 0 Å². The predicted molar refractivity (Wildman–Crippen MR) is 71.0 cm³/mol. The van der Waals surface area contributed by atoms with Crippen LogP contribution in [0.25, 0.3) is 11.1 Å². The summed E-state index contributed by atoms with van der Waals surface area (Å²) in [4.78, 5) is 19.9. The molecular formula is C13H17N3O2. The number of anilines is 1. The van der Waals surface area contributed by atoms with Crippen molar-refractivity contribution in [1.82, 2.24) is 9.88 Å². The van der Waals surface area contributed by atoms with Crippen molar-refractivity contribution < 1.29 is 9.21 Å². The van der Waals surface area contributed by atoms with E-state index in [1.807, 2.05) is 33.2 Å². The summed E-state index contributed by atoms with van der Waals surface area (Å²) in [7, 11) is 5.47. The number of amides is 1. The lowest BCUT2D eigenvalue weighted by atomic mass is 10.2. The van der Waals surface area contributed by atoms with Gasteiger partial charge in [0.15, 0.2) is 5.58 Å². The van der Waals surface area contributed by atoms with Crippen LogP contribution in [0.2, 0.25) is 0 Å². The zero-order valence-electron chi connectivity index (χ0n) is 11.1. The van der Waals surface area contributed by atoms with E-state index in [1.54, 1.807) is 22.9 Å². The highest BCUT2D eigenvalue weighted by atomic mass is 16.4. The largest absolute Gasteiger partial charge is 0.423 e. The van der Waals surface area contributed by atoms with E-state index < -0.39 is 0 Å². The number of carbonyl (C=O) groups is 1. The molecule has 1 amide bonds. The first-order chi connectivity index (χ1) is 8.54. The molecule has 0 fully saturated rings. The minimum atomic E-state index is -0.0513. The molecular weight excluding hydrogens is 230 g/mol. The van der Waals surface area contributed by atoms with Crippen molar-refractivity contribution in [2.24, 2.45) is 0 Å². The third-order valence-corrected chi connectivity index (χ3v) is 2.84. The zero-order chi connectivity index (χ0) is 13.3. The first kappa shape index (κ1) is 12.4. The summed E-state index contributed by atoms with van der Waals surface area (Å²) in [5, 5.41) is 0. The first-order valence-corrected chi connectivity index (χ1v) is 5.87. The molecule has 18 heavy (non-hydrogen) atoms. The molecule has 5 nitrogen and oxygen atoms in total. The number of nitrogens with zero attached hydrogens (tertiary/aromatic N) is 3. The second kappa shape index (κ2) is 4.68. The highest BCUT2D eigenvalue weighted by molar-refractivity contribution is 6.04. The van der Waals surface area contributed by atoms with Gasteiger partial charge in [0.25, 0.3) is 11.9 Å². The normalized spacial score (nSPS) is 10.7. The van der Waals surface area contributed by atoms with Crippen molar-refractivity contribution in [1.29, 1.82) is 0 Å². The summed E-state index contributed by atoms with van der Waals surface area (Å²) in [6, 6.07) is 5.93. The molecule has 2 rings (SSSR count). The molecule has 0 aliphatic carbocycles. The molecule has 0 N–H and O–H groups in total. The van der Waals surface area contributed by atoms with Gasteiger partial charge in [0.2, 0.25) is 0 Å². The Morgan fingerprint density at radius 1 is 1.33 bits per heavy atom. The van der Waals surface area contributed by atoms with E-state index in [0.29, 0.717) is 29.2 Å². The number of fused-ring (bicyclic) bond motifs is 1. The van der Waals surface area contributed by atoms with Crippen LogP contribution in [0.4, 0.5) is 6.01 Å². The van der Waals surface area contributed by atoms with E-state index in [9.17, 15) is 4.79 Å². The maximum absolute atomic E-state index is 12.2. The molecule has 0 bridgehead atoms. The Morgan fingerprint density at radius 3 is 2.67 bits per heavy atom. The van der Waals surface area contributed by atoms with Gasteiger partial charge in [-0.15, -0.1) is 0 Å². The van der Waals surface area contributed by atoms with Crippen LogP contribution in [0.3, 0.4) is 0 Å². The third-order valence-electron chi connectivity index (χ3n) is 2.84. The zero-order valence-corrected chi connectivity index (χ0v) is 11.1. The molecule has 0 radical (unpaired) electrons. The van der Waals surface area contributed by atoms with Crippen molar-refractivity contribution in [3.63, 3.8) is 0 Å². The Balaban J connectivity index is 2.54. The number of rotatable bonds is 3. The van der Waals surface area contributed by atoms with Crippen LogP contribution in [0.5, 0.6) is 0 Å². The molecule has 0 unspecified atom stereocenters. The molecule has 1 aromatic carbocycles. The Kier molecular flexibility index (Phi) is 3.23. The van der Waals surface area contributed by atoms with Gasteiger partial charge in [0, 0.05) is 27.7 Å². The second-order valence-corrected chi connectivity index (χ2v) is 4.36. The van der Waals surface area contributed by atoms with Crippen LogP contribution in [0, 0.1) is 0 Å². The minimum absolute atomic E-state index is 0.0513. The smallest absolute Gasteiger partial charge is 0.297 e. The molecule has 5 heteroatoms. The van der Waals surface area contributed by atoms with Gasteiger partial charge < -0.3 is 14.2 Å². The van der Waals surface area contributed by atoms with E-state index in [2.05, 4.69) is 4.98 Å². The van der Waals surface area contributed by atoms with Crippen molar-refractivity contribution in [2.75, 3.05) is 32.6 Å². The molecule has 1 heterocycles. The third kappa shape index (κ3) is 2.03. The van der Waals surface area contributed by atoms with Crippen LogP contribution in [0.15, 0.2) is 22.6 Å². The van der Waals surface area contributed by atoms with Gasteiger partial charge in [-0.1, -0.05) is 6.07 Å². The maximum Gasteiger partial charge on any atom is 0.297 e. The summed E-state index contributed by atoms with van der Waals surface area (Å²) in [6.45, 7) is 2.59. The molecule has 0 saturated carbocycles. The fourth-order valence-corrected chi connectivity index (χ4v) is 1.65. The molecule has 0 atom stereocenters. The molecule has 0 spiro atoms. The summed E-state index contributed by atoms with van der Waals surface area (Å²) in [6.07, 6.45) is 0. The van der Waals surface area contributed by atoms with Crippen molar-refractivity contribution in [3.8, 4) is 0 Å². The first-order valence-electron chi connectivity index (χ1n) is 5.87. The van der Waals surface area contributed by atoms with Crippen LogP contribution in [-0.4, -0.2) is 43.5 Å². The second-order valence-electron chi connectivity index (χ2n) is 4.36. The van der Waals surface area contributed by atoms with Gasteiger partial charge in [-0.2, -0.15) is 4.98 Å². The molecule has 1 aromatic heterocycles. The Hall–Kier alpha value is -2.04. The topological polar surface area (TPSA) is 49.6 Å². The van der Waals surface area contributed by atoms with Gasteiger partial charge >= 0.3 is 0 Å². The number of aromatic nitrogens is 1. The average molecular weight is 247 g/mol. The number of hydrogen-bond donors (Lipinski definition) is 0. The number of benzene rings is 1. The summed E-state index contributed by atoms with van der Waals surface area (Å²) in [5.74, 6) is -0.0513. The van der Waals surface area contributed by atoms with E-state index in [0.717, 1.165) is 0 Å². The number of hydrogen-bond acceptors (Lipinski definition) is 4. The van der Waals surface area contributed by atoms with Crippen molar-refractivity contribution >= 4 is 23.0 Å². The number of oxazole rings is 1. The Morgan fingerprint density at radius 2 is 2.06 bits per heavy atom. The molecule has 0 aliphatic rings. The SMILES string of the molecule is CCN(C)C(=O)c1cccc2nc(N(C)C)oc12. The van der Waals surface area contributed by atoms with Gasteiger partial charge in [0.1, 0.15) is 5.52 Å². The van der Waals surface area contributed by atoms with Crippen molar-refractivity contribution in [2.45, 2.75) is 6.92 Å². The van der Waals surface area contributed by atoms with Gasteiger partial charge in [-0.3, -0.25) is 4.79 Å². The van der Waals surface area contributed by atoms with Crippen LogP contribution in [0.1, 0.15) is 17.3 Å². The highest BCUT2D eigenvalue weighted by Crippen LogP contribution is 2.24. The summed E-state index contributed by atoms with van der Waals surface area (Å²) in [5.41, 5.74) is 1.80. The van der Waals surface area contributed by atoms with Gasteiger partial charge in [-0.25, -0.2) is 0 Å². The fraction of sp³-hybridized carbons (Fsp3) is 0.385. The maximum atomic E-state index is 12.2. The summed E-state index contributed by atoms with van der Waals surface area (Å²) < 4.78 is 5.64. The fourth-order valence-electron chi connectivity index (χ4n) is 1.65. The van der Waals surface area contributed by atoms with Gasteiger partial charge in [-0.05, 0) is 19.1 Å². The van der Waals surface area contributed by atoms with E-state index in [1.165, 1.54) is 0 Å². The number of carbonyl (C=O) groups excluding carboxylic acids is 1. The Labute approximate surface area is 106 Å². The lowest BCUT2D eigenvalue weighted by Crippen LogP contribution is -2.26. The van der Waals surface area contributed by atoms with E-state index >= 15 is 0 Å². The van der Waals surface area contributed by atoms with Crippen LogP contribution >= 0.6 is 0 Å². The monoisotopic (exact) mass is 247 g/mol. The standard InChI is InChI=1S/C13H17N3O2/c1-5-16(4)12(17)9-7-6-8-10-11(9)18-13(14-10)15(2)3/h6-8H,5H2,1-4H3. The predicted octanol–water partition coefficient (Wildman–Crippen LogP) is 1.99.